The summed E-state index contributed by atoms with van der Waals surface area (Å²) < 4.78 is 1.19. The third kappa shape index (κ3) is 3.53. The number of carbonyl (C=O) groups is 1. The molecule has 0 spiro atoms. The maximum Gasteiger partial charge on any atom is 0.328 e. The SMILES string of the molecule is O=C1CCCN1Cc1ccc(CCn2c(=O)[nH]c3cccnc3c2=O)cc1. The maximum atomic E-state index is 12.5. The fourth-order valence-corrected chi connectivity index (χ4v) is 3.43. The van der Waals surface area contributed by atoms with E-state index in [2.05, 4.69) is 9.97 Å². The molecular weight excluding hydrogens is 344 g/mol. The molecule has 0 unspecified atom stereocenters. The van der Waals surface area contributed by atoms with Gasteiger partial charge in [0, 0.05) is 32.3 Å². The zero-order valence-corrected chi connectivity index (χ0v) is 14.9. The van der Waals surface area contributed by atoms with Crippen LogP contribution in [0.2, 0.25) is 0 Å². The van der Waals surface area contributed by atoms with Crippen molar-refractivity contribution < 1.29 is 4.79 Å². The second-order valence-corrected chi connectivity index (χ2v) is 6.77. The highest BCUT2D eigenvalue weighted by Gasteiger charge is 2.19. The molecular formula is C20H20N4O3. The lowest BCUT2D eigenvalue weighted by Crippen LogP contribution is -2.36. The van der Waals surface area contributed by atoms with Crippen LogP contribution in [0.15, 0.2) is 52.2 Å². The number of likely N-dealkylation sites (tertiary alicyclic amines) is 1. The van der Waals surface area contributed by atoms with Gasteiger partial charge in [-0.15, -0.1) is 0 Å². The Morgan fingerprint density at radius 2 is 1.81 bits per heavy atom. The molecule has 27 heavy (non-hydrogen) atoms. The summed E-state index contributed by atoms with van der Waals surface area (Å²) in [7, 11) is 0. The first kappa shape index (κ1) is 17.2. The van der Waals surface area contributed by atoms with Crippen molar-refractivity contribution >= 4 is 16.9 Å². The minimum absolute atomic E-state index is 0.211. The molecule has 0 aliphatic carbocycles. The Bertz CT molecular complexity index is 1100. The molecule has 1 aliphatic rings. The Morgan fingerprint density at radius 3 is 2.56 bits per heavy atom. The van der Waals surface area contributed by atoms with Gasteiger partial charge >= 0.3 is 5.69 Å². The van der Waals surface area contributed by atoms with Crippen LogP contribution in [0.1, 0.15) is 24.0 Å². The molecule has 3 aromatic rings. The van der Waals surface area contributed by atoms with Crippen molar-refractivity contribution in [3.05, 3.63) is 74.6 Å². The van der Waals surface area contributed by atoms with E-state index in [4.69, 9.17) is 0 Å². The lowest BCUT2D eigenvalue weighted by molar-refractivity contribution is -0.128. The third-order valence-corrected chi connectivity index (χ3v) is 4.93. The van der Waals surface area contributed by atoms with Crippen LogP contribution in [0, 0.1) is 0 Å². The van der Waals surface area contributed by atoms with E-state index in [9.17, 15) is 14.4 Å². The molecule has 1 amide bonds. The molecule has 7 nitrogen and oxygen atoms in total. The average Bonchev–Trinajstić information content (AvgIpc) is 3.07. The van der Waals surface area contributed by atoms with Crippen molar-refractivity contribution in [2.45, 2.75) is 32.4 Å². The molecule has 0 atom stereocenters. The number of rotatable bonds is 5. The molecule has 0 radical (unpaired) electrons. The number of nitrogens with one attached hydrogen (secondary N) is 1. The quantitative estimate of drug-likeness (QED) is 0.742. The van der Waals surface area contributed by atoms with E-state index in [1.807, 2.05) is 29.2 Å². The van der Waals surface area contributed by atoms with E-state index in [-0.39, 0.29) is 23.5 Å². The lowest BCUT2D eigenvalue weighted by Gasteiger charge is -2.15. The number of H-pyrrole nitrogens is 1. The number of hydrogen-bond acceptors (Lipinski definition) is 4. The van der Waals surface area contributed by atoms with Gasteiger partial charge in [-0.25, -0.2) is 9.78 Å². The first-order valence-electron chi connectivity index (χ1n) is 9.05. The topological polar surface area (TPSA) is 88.1 Å². The number of amides is 1. The normalized spacial score (nSPS) is 14.2. The second-order valence-electron chi connectivity index (χ2n) is 6.77. The molecule has 3 heterocycles. The number of aryl methyl sites for hydroxylation is 1. The molecule has 1 saturated heterocycles. The zero-order valence-electron chi connectivity index (χ0n) is 14.9. The van der Waals surface area contributed by atoms with Crippen LogP contribution in [0.25, 0.3) is 11.0 Å². The molecule has 2 aromatic heterocycles. The molecule has 7 heteroatoms. The van der Waals surface area contributed by atoms with Crippen LogP contribution in [0.3, 0.4) is 0 Å². The highest BCUT2D eigenvalue weighted by molar-refractivity contribution is 5.78. The van der Waals surface area contributed by atoms with Crippen LogP contribution in [-0.4, -0.2) is 31.9 Å². The van der Waals surface area contributed by atoms with Crippen LogP contribution < -0.4 is 11.2 Å². The largest absolute Gasteiger partial charge is 0.338 e. The van der Waals surface area contributed by atoms with Crippen molar-refractivity contribution in [1.82, 2.24) is 19.4 Å². The van der Waals surface area contributed by atoms with Crippen molar-refractivity contribution in [1.29, 1.82) is 0 Å². The summed E-state index contributed by atoms with van der Waals surface area (Å²) in [6.07, 6.45) is 3.67. The lowest BCUT2D eigenvalue weighted by atomic mass is 10.1. The molecule has 4 rings (SSSR count). The van der Waals surface area contributed by atoms with Gasteiger partial charge in [-0.1, -0.05) is 24.3 Å². The smallest absolute Gasteiger partial charge is 0.328 e. The first-order chi connectivity index (χ1) is 13.1. The van der Waals surface area contributed by atoms with E-state index in [0.29, 0.717) is 24.9 Å². The average molecular weight is 364 g/mol. The number of nitrogens with zero attached hydrogens (tertiary/aromatic N) is 3. The molecule has 1 aromatic carbocycles. The minimum Gasteiger partial charge on any atom is -0.338 e. The first-order valence-corrected chi connectivity index (χ1v) is 9.05. The summed E-state index contributed by atoms with van der Waals surface area (Å²) >= 11 is 0. The Labute approximate surface area is 155 Å². The Hall–Kier alpha value is -3.22. The zero-order chi connectivity index (χ0) is 18.8. The van der Waals surface area contributed by atoms with Gasteiger partial charge in [0.05, 0.1) is 5.52 Å². The fraction of sp³-hybridized carbons (Fsp3) is 0.300. The summed E-state index contributed by atoms with van der Waals surface area (Å²) in [5.74, 6) is 0.211. The summed E-state index contributed by atoms with van der Waals surface area (Å²) in [6.45, 7) is 1.74. The molecule has 1 fully saturated rings. The van der Waals surface area contributed by atoms with Gasteiger partial charge in [0.1, 0.15) is 0 Å². The number of aromatic amines is 1. The van der Waals surface area contributed by atoms with E-state index in [1.54, 1.807) is 12.1 Å². The number of carbonyl (C=O) groups excluding carboxylic acids is 1. The van der Waals surface area contributed by atoms with Crippen LogP contribution >= 0.6 is 0 Å². The van der Waals surface area contributed by atoms with Gasteiger partial charge in [0.15, 0.2) is 5.52 Å². The standard InChI is InChI=1S/C20H20N4O3/c25-17-4-2-11-23(17)13-15-7-5-14(6-8-15)9-12-24-19(26)18-16(22-20(24)27)3-1-10-21-18/h1,3,5-8,10H,2,4,9,11-13H2,(H,22,27). The Kier molecular flexibility index (Phi) is 4.58. The molecule has 1 N–H and O–H groups in total. The summed E-state index contributed by atoms with van der Waals surface area (Å²) in [5, 5.41) is 0. The number of pyridine rings is 1. The van der Waals surface area contributed by atoms with Gasteiger partial charge < -0.3 is 9.88 Å². The van der Waals surface area contributed by atoms with E-state index >= 15 is 0 Å². The van der Waals surface area contributed by atoms with Crippen molar-refractivity contribution in [2.24, 2.45) is 0 Å². The molecule has 0 bridgehead atoms. The molecule has 0 saturated carbocycles. The Balaban J connectivity index is 1.47. The highest BCUT2D eigenvalue weighted by atomic mass is 16.2. The van der Waals surface area contributed by atoms with Crippen LogP contribution in [0.5, 0.6) is 0 Å². The summed E-state index contributed by atoms with van der Waals surface area (Å²) in [4.78, 5) is 45.0. The van der Waals surface area contributed by atoms with Gasteiger partial charge in [-0.05, 0) is 36.1 Å². The van der Waals surface area contributed by atoms with Gasteiger partial charge in [-0.2, -0.15) is 0 Å². The number of fused-ring (bicyclic) bond motifs is 1. The predicted octanol–water partition coefficient (Wildman–Crippen LogP) is 1.45. The minimum atomic E-state index is -0.426. The summed E-state index contributed by atoms with van der Waals surface area (Å²) in [5.41, 5.74) is 2.02. The summed E-state index contributed by atoms with van der Waals surface area (Å²) in [6, 6.07) is 11.3. The fourth-order valence-electron chi connectivity index (χ4n) is 3.43. The van der Waals surface area contributed by atoms with Crippen LogP contribution in [-0.2, 0) is 24.3 Å². The number of benzene rings is 1. The monoisotopic (exact) mass is 364 g/mol. The van der Waals surface area contributed by atoms with Gasteiger partial charge in [-0.3, -0.25) is 14.2 Å². The van der Waals surface area contributed by atoms with Crippen LogP contribution in [0.4, 0.5) is 0 Å². The van der Waals surface area contributed by atoms with E-state index in [1.165, 1.54) is 10.8 Å². The molecule has 1 aliphatic heterocycles. The maximum absolute atomic E-state index is 12.5. The van der Waals surface area contributed by atoms with Gasteiger partial charge in [0.25, 0.3) is 5.56 Å². The predicted molar refractivity (Wildman–Crippen MR) is 101 cm³/mol. The van der Waals surface area contributed by atoms with Gasteiger partial charge in [0.2, 0.25) is 5.91 Å². The van der Waals surface area contributed by atoms with E-state index < -0.39 is 5.69 Å². The van der Waals surface area contributed by atoms with Crippen molar-refractivity contribution in [2.75, 3.05) is 6.54 Å². The van der Waals surface area contributed by atoms with Crippen molar-refractivity contribution in [3.8, 4) is 0 Å². The number of hydrogen-bond donors (Lipinski definition) is 1. The molecule has 138 valence electrons. The third-order valence-electron chi connectivity index (χ3n) is 4.93. The number of aromatic nitrogens is 3. The Morgan fingerprint density at radius 1 is 1.04 bits per heavy atom. The highest BCUT2D eigenvalue weighted by Crippen LogP contribution is 2.15. The van der Waals surface area contributed by atoms with E-state index in [0.717, 1.165) is 24.1 Å². The second kappa shape index (κ2) is 7.19. The van der Waals surface area contributed by atoms with Crippen molar-refractivity contribution in [3.63, 3.8) is 0 Å².